The number of aromatic nitrogens is 1. The molecule has 0 aliphatic carbocycles. The van der Waals surface area contributed by atoms with E-state index in [2.05, 4.69) is 15.8 Å². The second-order valence-corrected chi connectivity index (χ2v) is 6.45. The number of aryl methyl sites for hydroxylation is 1. The summed E-state index contributed by atoms with van der Waals surface area (Å²) in [5, 5.41) is 9.75. The highest BCUT2D eigenvalue weighted by Gasteiger charge is 2.23. The molecule has 8 nitrogen and oxygen atoms in total. The molecule has 26 heavy (non-hydrogen) atoms. The van der Waals surface area contributed by atoms with E-state index in [-0.39, 0.29) is 18.5 Å². The molecule has 1 fully saturated rings. The molecule has 1 aliphatic heterocycles. The van der Waals surface area contributed by atoms with Gasteiger partial charge in [-0.05, 0) is 19.1 Å². The van der Waals surface area contributed by atoms with Gasteiger partial charge in [0, 0.05) is 32.2 Å². The van der Waals surface area contributed by atoms with Crippen LogP contribution in [0.4, 0.5) is 16.3 Å². The number of carbonyl (C=O) groups excluding carboxylic acids is 2. The summed E-state index contributed by atoms with van der Waals surface area (Å²) in [5.41, 5.74) is 0.597. The molecular weight excluding hydrogens is 358 g/mol. The van der Waals surface area contributed by atoms with Gasteiger partial charge in [0.25, 0.3) is 0 Å². The molecule has 0 unspecified atom stereocenters. The van der Waals surface area contributed by atoms with Crippen molar-refractivity contribution in [2.45, 2.75) is 6.92 Å². The van der Waals surface area contributed by atoms with E-state index in [9.17, 15) is 9.59 Å². The lowest BCUT2D eigenvalue weighted by molar-refractivity contribution is -0.117. The Balaban J connectivity index is 1.44. The van der Waals surface area contributed by atoms with Crippen LogP contribution in [-0.2, 0) is 4.79 Å². The van der Waals surface area contributed by atoms with E-state index in [0.29, 0.717) is 48.5 Å². The summed E-state index contributed by atoms with van der Waals surface area (Å²) in [4.78, 5) is 28.1. The van der Waals surface area contributed by atoms with E-state index >= 15 is 0 Å². The summed E-state index contributed by atoms with van der Waals surface area (Å²) in [5.74, 6) is 0.901. The Morgan fingerprint density at radius 3 is 2.58 bits per heavy atom. The van der Waals surface area contributed by atoms with E-state index in [4.69, 9.17) is 16.1 Å². The molecule has 0 spiro atoms. The van der Waals surface area contributed by atoms with Crippen molar-refractivity contribution in [3.63, 3.8) is 0 Å². The summed E-state index contributed by atoms with van der Waals surface area (Å²) in [6.07, 6.45) is 0. The Bertz CT molecular complexity index is 786. The number of nitrogens with zero attached hydrogens (tertiary/aromatic N) is 3. The summed E-state index contributed by atoms with van der Waals surface area (Å²) in [7, 11) is 0. The maximum atomic E-state index is 12.2. The quantitative estimate of drug-likeness (QED) is 0.853. The minimum atomic E-state index is -0.224. The fourth-order valence-corrected chi connectivity index (χ4v) is 2.86. The van der Waals surface area contributed by atoms with Gasteiger partial charge in [-0.15, -0.1) is 0 Å². The first kappa shape index (κ1) is 18.2. The van der Waals surface area contributed by atoms with Crippen molar-refractivity contribution in [3.8, 4) is 0 Å². The molecule has 2 N–H and O–H groups in total. The predicted molar refractivity (Wildman–Crippen MR) is 98.4 cm³/mol. The monoisotopic (exact) mass is 377 g/mol. The van der Waals surface area contributed by atoms with E-state index < -0.39 is 0 Å². The third-order valence-corrected chi connectivity index (χ3v) is 4.37. The smallest absolute Gasteiger partial charge is 0.323 e. The highest BCUT2D eigenvalue weighted by Crippen LogP contribution is 2.20. The third kappa shape index (κ3) is 4.74. The number of urea groups is 1. The van der Waals surface area contributed by atoms with Gasteiger partial charge in [0.05, 0.1) is 17.3 Å². The van der Waals surface area contributed by atoms with Gasteiger partial charge in [-0.2, -0.15) is 0 Å². The minimum Gasteiger partial charge on any atom is -0.360 e. The topological polar surface area (TPSA) is 90.7 Å². The number of anilines is 2. The molecule has 2 heterocycles. The minimum absolute atomic E-state index is 0.130. The van der Waals surface area contributed by atoms with Crippen LogP contribution in [-0.4, -0.2) is 59.6 Å². The van der Waals surface area contributed by atoms with Gasteiger partial charge in [0.2, 0.25) is 5.91 Å². The lowest BCUT2D eigenvalue weighted by Gasteiger charge is -2.34. The largest absolute Gasteiger partial charge is 0.360 e. The number of carbonyl (C=O) groups is 2. The zero-order chi connectivity index (χ0) is 18.5. The van der Waals surface area contributed by atoms with Crippen molar-refractivity contribution < 1.29 is 14.1 Å². The zero-order valence-corrected chi connectivity index (χ0v) is 15.1. The Kier molecular flexibility index (Phi) is 5.75. The highest BCUT2D eigenvalue weighted by atomic mass is 35.5. The molecule has 1 aromatic heterocycles. The SMILES string of the molecule is Cc1cc(NC(=O)N2CCN(CC(=O)Nc3ccccc3Cl)CC2)no1. The Hall–Kier alpha value is -2.58. The first-order valence-corrected chi connectivity index (χ1v) is 8.65. The van der Waals surface area contributed by atoms with Crippen LogP contribution >= 0.6 is 11.6 Å². The van der Waals surface area contributed by atoms with E-state index in [1.165, 1.54) is 0 Å². The number of benzene rings is 1. The summed E-state index contributed by atoms with van der Waals surface area (Å²) < 4.78 is 4.93. The van der Waals surface area contributed by atoms with Crippen LogP contribution in [0.15, 0.2) is 34.9 Å². The van der Waals surface area contributed by atoms with Crippen LogP contribution < -0.4 is 10.6 Å². The van der Waals surface area contributed by atoms with Crippen molar-refractivity contribution in [2.24, 2.45) is 0 Å². The van der Waals surface area contributed by atoms with Gasteiger partial charge < -0.3 is 14.7 Å². The van der Waals surface area contributed by atoms with E-state index in [1.54, 1.807) is 30.0 Å². The number of halogens is 1. The molecule has 9 heteroatoms. The predicted octanol–water partition coefficient (Wildman–Crippen LogP) is 2.42. The number of hydrogen-bond donors (Lipinski definition) is 2. The number of para-hydroxylation sites is 1. The van der Waals surface area contributed by atoms with E-state index in [0.717, 1.165) is 0 Å². The molecule has 0 radical (unpaired) electrons. The van der Waals surface area contributed by atoms with Crippen molar-refractivity contribution in [1.82, 2.24) is 15.0 Å². The summed E-state index contributed by atoms with van der Waals surface area (Å²) in [6, 6.07) is 8.54. The average molecular weight is 378 g/mol. The standard InChI is InChI=1S/C17H20ClN5O3/c1-12-10-15(21-26-12)20-17(25)23-8-6-22(7-9-23)11-16(24)19-14-5-3-2-4-13(14)18/h2-5,10H,6-9,11H2,1H3,(H,19,24)(H,20,21,25). The maximum Gasteiger partial charge on any atom is 0.323 e. The summed E-state index contributed by atoms with van der Waals surface area (Å²) >= 11 is 6.04. The number of hydrogen-bond acceptors (Lipinski definition) is 5. The zero-order valence-electron chi connectivity index (χ0n) is 14.4. The van der Waals surface area contributed by atoms with Crippen LogP contribution in [0.3, 0.4) is 0 Å². The number of rotatable bonds is 4. The van der Waals surface area contributed by atoms with Crippen LogP contribution in [0.1, 0.15) is 5.76 Å². The van der Waals surface area contributed by atoms with Crippen LogP contribution in [0.5, 0.6) is 0 Å². The fraction of sp³-hybridized carbons (Fsp3) is 0.353. The molecular formula is C17H20ClN5O3. The van der Waals surface area contributed by atoms with Crippen LogP contribution in [0.25, 0.3) is 0 Å². The second kappa shape index (κ2) is 8.20. The van der Waals surface area contributed by atoms with Crippen LogP contribution in [0.2, 0.25) is 5.02 Å². The lowest BCUT2D eigenvalue weighted by Crippen LogP contribution is -2.51. The van der Waals surface area contributed by atoms with Gasteiger partial charge in [-0.3, -0.25) is 15.0 Å². The second-order valence-electron chi connectivity index (χ2n) is 6.04. The number of piperazine rings is 1. The van der Waals surface area contributed by atoms with Gasteiger partial charge >= 0.3 is 6.03 Å². The average Bonchev–Trinajstić information content (AvgIpc) is 3.02. The van der Waals surface area contributed by atoms with E-state index in [1.807, 2.05) is 17.0 Å². The first-order chi connectivity index (χ1) is 12.5. The fourth-order valence-electron chi connectivity index (χ4n) is 2.68. The van der Waals surface area contributed by atoms with Crippen molar-refractivity contribution >= 4 is 35.0 Å². The molecule has 0 saturated carbocycles. The highest BCUT2D eigenvalue weighted by molar-refractivity contribution is 6.33. The molecule has 1 aromatic carbocycles. The number of nitrogens with one attached hydrogen (secondary N) is 2. The number of amides is 3. The van der Waals surface area contributed by atoms with Gasteiger partial charge in [-0.25, -0.2) is 4.79 Å². The molecule has 3 rings (SSSR count). The van der Waals surface area contributed by atoms with Crippen LogP contribution in [0, 0.1) is 6.92 Å². The first-order valence-electron chi connectivity index (χ1n) is 8.27. The molecule has 0 bridgehead atoms. The van der Waals surface area contributed by atoms with Crippen molar-refractivity contribution in [2.75, 3.05) is 43.4 Å². The van der Waals surface area contributed by atoms with Crippen molar-refractivity contribution in [1.29, 1.82) is 0 Å². The molecule has 3 amide bonds. The third-order valence-electron chi connectivity index (χ3n) is 4.04. The Labute approximate surface area is 156 Å². The Morgan fingerprint density at radius 2 is 1.92 bits per heavy atom. The molecule has 1 aliphatic rings. The van der Waals surface area contributed by atoms with Gasteiger partial charge in [0.1, 0.15) is 5.76 Å². The molecule has 1 saturated heterocycles. The summed E-state index contributed by atoms with van der Waals surface area (Å²) in [6.45, 7) is 4.30. The van der Waals surface area contributed by atoms with Crippen molar-refractivity contribution in [3.05, 3.63) is 41.1 Å². The molecule has 0 atom stereocenters. The van der Waals surface area contributed by atoms with Gasteiger partial charge in [-0.1, -0.05) is 28.9 Å². The molecule has 2 aromatic rings. The molecule has 138 valence electrons. The normalized spacial score (nSPS) is 14.9. The maximum absolute atomic E-state index is 12.2. The Morgan fingerprint density at radius 1 is 1.19 bits per heavy atom. The van der Waals surface area contributed by atoms with Gasteiger partial charge in [0.15, 0.2) is 5.82 Å². The lowest BCUT2D eigenvalue weighted by atomic mass is 10.3.